The minimum absolute atomic E-state index is 0. The summed E-state index contributed by atoms with van der Waals surface area (Å²) < 4.78 is 3.19. The molecule has 1 nitrogen and oxygen atoms in total. The standard InChI is InChI=1S/Al.Bi.Cl2O.6H/c;;1-3-2;;;;;;. The molecule has 0 aliphatic heterocycles. The molecule has 0 radical (unpaired) electrons. The molecule has 5 heteroatoms. The van der Waals surface area contributed by atoms with Crippen LogP contribution in [-0.4, -0.2) is 43.6 Å². The van der Waals surface area contributed by atoms with Gasteiger partial charge in [-0.2, -0.15) is 3.84 Å². The van der Waals surface area contributed by atoms with Crippen LogP contribution in [0.1, 0.15) is 0 Å². The molecule has 5 heavy (non-hydrogen) atoms. The summed E-state index contributed by atoms with van der Waals surface area (Å²) in [5, 5.41) is 0. The molecule has 0 fully saturated rings. The Labute approximate surface area is 70.6 Å². The molecule has 0 aromatic heterocycles. The van der Waals surface area contributed by atoms with Crippen molar-refractivity contribution in [2.75, 3.05) is 0 Å². The second-order valence-corrected chi connectivity index (χ2v) is 0.525. The Morgan fingerprint density at radius 2 is 1.20 bits per heavy atom. The van der Waals surface area contributed by atoms with Crippen molar-refractivity contribution in [3.63, 3.8) is 0 Å². The van der Waals surface area contributed by atoms with Gasteiger partial charge in [0.15, 0.2) is 17.4 Å². The average Bonchev–Trinajstić information content (AvgIpc) is 0.918. The van der Waals surface area contributed by atoms with Crippen LogP contribution in [0.3, 0.4) is 0 Å². The number of hydrogen-bond acceptors (Lipinski definition) is 1. The SMILES string of the molecule is ClOCl.[AlH3].[BiH3]. The van der Waals surface area contributed by atoms with Crippen molar-refractivity contribution in [1.29, 1.82) is 0 Å². The number of rotatable bonds is 0. The van der Waals surface area contributed by atoms with E-state index in [-0.39, 0.29) is 43.6 Å². The van der Waals surface area contributed by atoms with Crippen LogP contribution in [0.25, 0.3) is 0 Å². The van der Waals surface area contributed by atoms with Crippen LogP contribution in [0.2, 0.25) is 0 Å². The molecule has 0 rings (SSSR count). The molecule has 0 heterocycles. The fourth-order valence-electron chi connectivity index (χ4n) is 0. The van der Waals surface area contributed by atoms with E-state index in [4.69, 9.17) is 0 Å². The van der Waals surface area contributed by atoms with Crippen molar-refractivity contribution < 1.29 is 3.84 Å². The van der Waals surface area contributed by atoms with Crippen LogP contribution < -0.4 is 0 Å². The van der Waals surface area contributed by atoms with Crippen molar-refractivity contribution in [2.24, 2.45) is 0 Å². The molecular formula is H6AlBiCl2O. The van der Waals surface area contributed by atoms with Gasteiger partial charge in [-0.15, -0.1) is 0 Å². The minimum atomic E-state index is 0. The van der Waals surface area contributed by atoms with Crippen molar-refractivity contribution in [3.05, 3.63) is 0 Å². The van der Waals surface area contributed by atoms with Gasteiger partial charge in [-0.25, -0.2) is 0 Å². The van der Waals surface area contributed by atoms with Crippen molar-refractivity contribution in [2.45, 2.75) is 0 Å². The summed E-state index contributed by atoms with van der Waals surface area (Å²) in [4.78, 5) is 0. The molecule has 0 spiro atoms. The quantitative estimate of drug-likeness (QED) is 0.515. The number of halogens is 2. The van der Waals surface area contributed by atoms with Gasteiger partial charge in [-0.3, -0.25) is 0 Å². The van der Waals surface area contributed by atoms with Gasteiger partial charge in [0, 0.05) is 0 Å². The summed E-state index contributed by atoms with van der Waals surface area (Å²) in [6.45, 7) is 0. The first-order valence-electron chi connectivity index (χ1n) is 0.309. The van der Waals surface area contributed by atoms with Crippen molar-refractivity contribution in [1.82, 2.24) is 0 Å². The zero-order valence-corrected chi connectivity index (χ0v) is 8.88. The zero-order chi connectivity index (χ0) is 2.71. The fourth-order valence-corrected chi connectivity index (χ4v) is 0. The van der Waals surface area contributed by atoms with E-state index < -0.39 is 0 Å². The van der Waals surface area contributed by atoms with Gasteiger partial charge < -0.3 is 0 Å². The molecule has 0 N–H and O–H groups in total. The summed E-state index contributed by atoms with van der Waals surface area (Å²) in [5.74, 6) is 0. The number of hydrogen-bond donors (Lipinski definition) is 0. The van der Waals surface area contributed by atoms with Gasteiger partial charge >= 0.3 is 26.2 Å². The van der Waals surface area contributed by atoms with Crippen molar-refractivity contribution in [3.8, 4) is 0 Å². The third kappa shape index (κ3) is 24.4. The Morgan fingerprint density at radius 1 is 1.20 bits per heavy atom. The molecule has 34 valence electrons. The first-order valence-corrected chi connectivity index (χ1v) is 0.926. The fraction of sp³-hybridized carbons (Fsp3) is 0. The second kappa shape index (κ2) is 16.7. The van der Waals surface area contributed by atoms with Crippen LogP contribution in [0.15, 0.2) is 0 Å². The molecule has 0 saturated heterocycles. The van der Waals surface area contributed by atoms with E-state index in [9.17, 15) is 0 Å². The normalized spacial score (nSPS) is 3.60. The van der Waals surface area contributed by atoms with Gasteiger partial charge in [-0.1, -0.05) is 0 Å². The van der Waals surface area contributed by atoms with E-state index in [0.29, 0.717) is 0 Å². The maximum atomic E-state index is 4.26. The summed E-state index contributed by atoms with van der Waals surface area (Å²) in [6.07, 6.45) is 0. The summed E-state index contributed by atoms with van der Waals surface area (Å²) in [6, 6.07) is 0. The first kappa shape index (κ1) is 15.8. The van der Waals surface area contributed by atoms with Crippen molar-refractivity contribution >= 4 is 67.3 Å². The van der Waals surface area contributed by atoms with Crippen LogP contribution in [-0.2, 0) is 3.84 Å². The van der Waals surface area contributed by atoms with Gasteiger partial charge in [0.1, 0.15) is 0 Å². The Morgan fingerprint density at radius 3 is 1.20 bits per heavy atom. The molecule has 0 unspecified atom stereocenters. The van der Waals surface area contributed by atoms with Gasteiger partial charge in [0.25, 0.3) is 0 Å². The van der Waals surface area contributed by atoms with E-state index >= 15 is 0 Å². The predicted octanol–water partition coefficient (Wildman–Crippen LogP) is -1.06. The Hall–Kier alpha value is 1.96. The van der Waals surface area contributed by atoms with Crippen LogP contribution in [0, 0.1) is 0 Å². The monoisotopic (exact) mass is 328 g/mol. The second-order valence-electron chi connectivity index (χ2n) is 0.0583. The van der Waals surface area contributed by atoms with Gasteiger partial charge in [0.2, 0.25) is 0 Å². The molecule has 0 aliphatic rings. The average molecular weight is 329 g/mol. The van der Waals surface area contributed by atoms with E-state index in [1.165, 1.54) is 0 Å². The Bertz CT molecular complexity index is 9.61. The summed E-state index contributed by atoms with van der Waals surface area (Å²) in [5.41, 5.74) is 0. The molecule has 0 bridgehead atoms. The van der Waals surface area contributed by atoms with E-state index in [0.717, 1.165) is 0 Å². The molecule has 0 aromatic rings. The third-order valence-corrected chi connectivity index (χ3v) is 0. The Kier molecular flexibility index (Phi) is 52.8. The van der Waals surface area contributed by atoms with E-state index in [1.54, 1.807) is 0 Å². The summed E-state index contributed by atoms with van der Waals surface area (Å²) in [7, 11) is 0. The first-order chi connectivity index (χ1) is 1.41. The Balaban J connectivity index is -0.0000000200. The molecule has 0 aliphatic carbocycles. The summed E-state index contributed by atoms with van der Waals surface area (Å²) >= 11 is 8.53. The molecule has 0 saturated carbocycles. The van der Waals surface area contributed by atoms with E-state index in [1.807, 2.05) is 0 Å². The van der Waals surface area contributed by atoms with Gasteiger partial charge in [0.05, 0.1) is 23.7 Å². The predicted molar refractivity (Wildman–Crippen MR) is 32.7 cm³/mol. The van der Waals surface area contributed by atoms with E-state index in [2.05, 4.69) is 27.6 Å². The van der Waals surface area contributed by atoms with Gasteiger partial charge in [-0.05, 0) is 0 Å². The topological polar surface area (TPSA) is 9.23 Å². The molecular weight excluding hydrogens is 323 g/mol. The van der Waals surface area contributed by atoms with Crippen LogP contribution >= 0.6 is 23.7 Å². The maximum absolute atomic E-state index is 4.26. The molecule has 0 atom stereocenters. The molecule has 0 aromatic carbocycles. The third-order valence-electron chi connectivity index (χ3n) is 0. The zero-order valence-electron chi connectivity index (χ0n) is 1.87. The van der Waals surface area contributed by atoms with Crippen LogP contribution in [0.4, 0.5) is 0 Å². The van der Waals surface area contributed by atoms with Crippen LogP contribution in [0.5, 0.6) is 0 Å². The molecule has 0 amide bonds.